The molecule has 0 aliphatic heterocycles. The molecule has 1 aliphatic rings. The minimum atomic E-state index is -0.224. The zero-order chi connectivity index (χ0) is 13.1. The van der Waals surface area contributed by atoms with E-state index in [2.05, 4.69) is 26.8 Å². The van der Waals surface area contributed by atoms with Crippen molar-refractivity contribution in [2.24, 2.45) is 5.41 Å². The van der Waals surface area contributed by atoms with E-state index in [0.29, 0.717) is 0 Å². The van der Waals surface area contributed by atoms with Crippen LogP contribution in [-0.2, 0) is 0 Å². The summed E-state index contributed by atoms with van der Waals surface area (Å²) >= 11 is 0. The summed E-state index contributed by atoms with van der Waals surface area (Å²) in [4.78, 5) is 0. The molecule has 0 saturated heterocycles. The van der Waals surface area contributed by atoms with Crippen molar-refractivity contribution in [1.29, 1.82) is 5.26 Å². The predicted octanol–water partition coefficient (Wildman–Crippen LogP) is 3.51. The highest BCUT2D eigenvalue weighted by molar-refractivity contribution is 5.37. The Morgan fingerprint density at radius 3 is 2.71 bits per heavy atom. The summed E-state index contributed by atoms with van der Waals surface area (Å²) in [5.74, 6) is 0. The minimum Gasteiger partial charge on any atom is -0.393 e. The number of hydrogen-bond acceptors (Lipinski definition) is 2. The molecule has 0 saturated carbocycles. The van der Waals surface area contributed by atoms with Gasteiger partial charge in [0.1, 0.15) is 0 Å². The van der Waals surface area contributed by atoms with Crippen LogP contribution in [-0.4, -0.2) is 11.2 Å². The molecular weight excluding hydrogens is 210 g/mol. The number of aliphatic hydroxyl groups excluding tert-OH is 1. The Morgan fingerprint density at radius 1 is 1.53 bits per heavy atom. The second kappa shape index (κ2) is 5.33. The van der Waals surface area contributed by atoms with E-state index in [4.69, 9.17) is 5.26 Å². The zero-order valence-electron chi connectivity index (χ0n) is 11.1. The van der Waals surface area contributed by atoms with E-state index < -0.39 is 0 Å². The van der Waals surface area contributed by atoms with Gasteiger partial charge in [0.15, 0.2) is 0 Å². The van der Waals surface area contributed by atoms with Crippen LogP contribution in [0.15, 0.2) is 34.9 Å². The van der Waals surface area contributed by atoms with Crippen LogP contribution in [0, 0.1) is 16.7 Å². The fourth-order valence-electron chi connectivity index (χ4n) is 2.54. The first kappa shape index (κ1) is 13.7. The van der Waals surface area contributed by atoms with Gasteiger partial charge in [-0.1, -0.05) is 31.6 Å². The van der Waals surface area contributed by atoms with Crippen LogP contribution in [0.3, 0.4) is 0 Å². The fourth-order valence-corrected chi connectivity index (χ4v) is 2.54. The van der Waals surface area contributed by atoms with Crippen LogP contribution in [0.1, 0.15) is 40.5 Å². The van der Waals surface area contributed by atoms with Gasteiger partial charge in [-0.3, -0.25) is 0 Å². The van der Waals surface area contributed by atoms with Gasteiger partial charge in [-0.05, 0) is 43.3 Å². The van der Waals surface area contributed by atoms with Crippen LogP contribution in [0.25, 0.3) is 0 Å². The molecule has 0 fully saturated rings. The molecule has 0 amide bonds. The molecule has 0 aromatic carbocycles. The summed E-state index contributed by atoms with van der Waals surface area (Å²) in [6.45, 7) is 8.30. The number of aliphatic hydroxyl groups is 1. The van der Waals surface area contributed by atoms with Crippen molar-refractivity contribution in [2.75, 3.05) is 0 Å². The van der Waals surface area contributed by atoms with Crippen LogP contribution in [0.5, 0.6) is 0 Å². The summed E-state index contributed by atoms with van der Waals surface area (Å²) in [6.07, 6.45) is 6.93. The number of nitrogens with zero attached hydrogens (tertiary/aromatic N) is 1. The van der Waals surface area contributed by atoms with Gasteiger partial charge in [0.25, 0.3) is 0 Å². The smallest absolute Gasteiger partial charge is 0.0914 e. The molecule has 1 aliphatic carbocycles. The van der Waals surface area contributed by atoms with E-state index in [9.17, 15) is 5.11 Å². The van der Waals surface area contributed by atoms with E-state index in [1.807, 2.05) is 19.1 Å². The van der Waals surface area contributed by atoms with Gasteiger partial charge in [0.2, 0.25) is 0 Å². The van der Waals surface area contributed by atoms with Crippen molar-refractivity contribution in [3.05, 3.63) is 34.9 Å². The SMILES string of the molecule is CC1=C(/C=C\C(C)=C\C#N)C(C)(C)CC(O)C1. The predicted molar refractivity (Wildman–Crippen MR) is 70.2 cm³/mol. The van der Waals surface area contributed by atoms with Crippen LogP contribution < -0.4 is 0 Å². The number of allylic oxidation sites excluding steroid dienone is 5. The van der Waals surface area contributed by atoms with E-state index in [0.717, 1.165) is 18.4 Å². The highest BCUT2D eigenvalue weighted by Gasteiger charge is 2.31. The monoisotopic (exact) mass is 231 g/mol. The van der Waals surface area contributed by atoms with Gasteiger partial charge >= 0.3 is 0 Å². The van der Waals surface area contributed by atoms with Crippen molar-refractivity contribution in [1.82, 2.24) is 0 Å². The summed E-state index contributed by atoms with van der Waals surface area (Å²) in [7, 11) is 0. The second-order valence-corrected chi connectivity index (χ2v) is 5.49. The Labute approximate surface area is 104 Å². The van der Waals surface area contributed by atoms with Gasteiger partial charge in [-0.2, -0.15) is 5.26 Å². The average Bonchev–Trinajstić information content (AvgIpc) is 2.14. The molecule has 1 rings (SSSR count). The summed E-state index contributed by atoms with van der Waals surface area (Å²) < 4.78 is 0. The molecule has 0 spiro atoms. The first-order chi connectivity index (χ1) is 7.86. The first-order valence-electron chi connectivity index (χ1n) is 5.99. The Hall–Kier alpha value is -1.33. The third kappa shape index (κ3) is 3.57. The molecular formula is C15H21NO. The van der Waals surface area contributed by atoms with Gasteiger partial charge in [-0.25, -0.2) is 0 Å². The molecule has 2 nitrogen and oxygen atoms in total. The maximum absolute atomic E-state index is 9.78. The van der Waals surface area contributed by atoms with Crippen LogP contribution >= 0.6 is 0 Å². The van der Waals surface area contributed by atoms with Gasteiger partial charge in [-0.15, -0.1) is 0 Å². The summed E-state index contributed by atoms with van der Waals surface area (Å²) in [5.41, 5.74) is 3.49. The minimum absolute atomic E-state index is 0.00513. The topological polar surface area (TPSA) is 44.0 Å². The zero-order valence-corrected chi connectivity index (χ0v) is 11.1. The molecule has 1 N–H and O–H groups in total. The third-order valence-corrected chi connectivity index (χ3v) is 3.28. The largest absolute Gasteiger partial charge is 0.393 e. The van der Waals surface area contributed by atoms with E-state index in [1.165, 1.54) is 17.2 Å². The average molecular weight is 231 g/mol. The lowest BCUT2D eigenvalue weighted by atomic mass is 9.71. The third-order valence-electron chi connectivity index (χ3n) is 3.28. The molecule has 92 valence electrons. The number of hydrogen-bond donors (Lipinski definition) is 1. The molecule has 0 aromatic heterocycles. The van der Waals surface area contributed by atoms with Crippen molar-refractivity contribution in [2.45, 2.75) is 46.6 Å². The molecule has 0 radical (unpaired) electrons. The number of rotatable bonds is 2. The van der Waals surface area contributed by atoms with Gasteiger partial charge in [0, 0.05) is 6.08 Å². The molecule has 1 unspecified atom stereocenters. The van der Waals surface area contributed by atoms with E-state index >= 15 is 0 Å². The van der Waals surface area contributed by atoms with Gasteiger partial charge < -0.3 is 5.11 Å². The quantitative estimate of drug-likeness (QED) is 0.584. The lowest BCUT2D eigenvalue weighted by Crippen LogP contribution is -2.28. The normalized spacial score (nSPS) is 25.2. The van der Waals surface area contributed by atoms with Crippen molar-refractivity contribution in [3.63, 3.8) is 0 Å². The van der Waals surface area contributed by atoms with Crippen LogP contribution in [0.4, 0.5) is 0 Å². The van der Waals surface area contributed by atoms with E-state index in [1.54, 1.807) is 0 Å². The Balaban J connectivity index is 3.00. The van der Waals surface area contributed by atoms with Gasteiger partial charge in [0.05, 0.1) is 12.2 Å². The fraction of sp³-hybridized carbons (Fsp3) is 0.533. The Morgan fingerprint density at radius 2 is 2.18 bits per heavy atom. The summed E-state index contributed by atoms with van der Waals surface area (Å²) in [6, 6.07) is 2.02. The van der Waals surface area contributed by atoms with Crippen molar-refractivity contribution < 1.29 is 5.11 Å². The molecule has 17 heavy (non-hydrogen) atoms. The molecule has 1 atom stereocenters. The highest BCUT2D eigenvalue weighted by atomic mass is 16.3. The lowest BCUT2D eigenvalue weighted by molar-refractivity contribution is 0.116. The van der Waals surface area contributed by atoms with Crippen LogP contribution in [0.2, 0.25) is 0 Å². The Kier molecular flexibility index (Phi) is 4.31. The molecule has 0 aromatic rings. The number of nitriles is 1. The lowest BCUT2D eigenvalue weighted by Gasteiger charge is -2.35. The van der Waals surface area contributed by atoms with Crippen molar-refractivity contribution in [3.8, 4) is 6.07 Å². The van der Waals surface area contributed by atoms with E-state index in [-0.39, 0.29) is 11.5 Å². The highest BCUT2D eigenvalue weighted by Crippen LogP contribution is 2.40. The molecule has 0 heterocycles. The maximum Gasteiger partial charge on any atom is 0.0914 e. The maximum atomic E-state index is 9.78. The summed E-state index contributed by atoms with van der Waals surface area (Å²) in [5, 5.41) is 18.3. The Bertz CT molecular complexity index is 419. The van der Waals surface area contributed by atoms with Crippen molar-refractivity contribution >= 4 is 0 Å². The first-order valence-corrected chi connectivity index (χ1v) is 5.99. The second-order valence-electron chi connectivity index (χ2n) is 5.49. The molecule has 0 bridgehead atoms. The standard InChI is InChI=1S/C15H21NO/c1-11(7-8-16)5-6-14-12(2)9-13(17)10-15(14,3)4/h5-7,13,17H,9-10H2,1-4H3/b6-5-,11-7+. The molecule has 2 heteroatoms.